The minimum Gasteiger partial charge on any atom is -0.465 e. The number of piperidine rings is 1. The molecule has 0 aliphatic carbocycles. The number of likely N-dealkylation sites (tertiary alicyclic amines) is 1. The summed E-state index contributed by atoms with van der Waals surface area (Å²) in [7, 11) is 3.75. The maximum absolute atomic E-state index is 11.0. The molecule has 1 aliphatic heterocycles. The van der Waals surface area contributed by atoms with Gasteiger partial charge < -0.3 is 19.8 Å². The molecule has 0 radical (unpaired) electrons. The zero-order chi connectivity index (χ0) is 20.8. The normalized spacial score (nSPS) is 14.7. The van der Waals surface area contributed by atoms with Crippen LogP contribution in [-0.2, 0) is 6.42 Å². The minimum absolute atomic E-state index is 0.559. The number of thiophene rings is 1. The summed E-state index contributed by atoms with van der Waals surface area (Å²) in [6.07, 6.45) is 2.97. The van der Waals surface area contributed by atoms with Crippen LogP contribution in [0.3, 0.4) is 0 Å². The summed E-state index contributed by atoms with van der Waals surface area (Å²) in [4.78, 5) is 13.8. The van der Waals surface area contributed by atoms with E-state index in [0.717, 1.165) is 47.9 Å². The molecule has 0 unspecified atom stereocenters. The van der Waals surface area contributed by atoms with E-state index in [-0.39, 0.29) is 0 Å². The summed E-state index contributed by atoms with van der Waals surface area (Å²) in [6, 6.07) is 8.47. The lowest BCUT2D eigenvalue weighted by Gasteiger charge is -2.29. The summed E-state index contributed by atoms with van der Waals surface area (Å²) in [6.45, 7) is 3.37. The Bertz CT molecular complexity index is 928. The van der Waals surface area contributed by atoms with Crippen LogP contribution in [0.15, 0.2) is 34.2 Å². The van der Waals surface area contributed by atoms with Crippen LogP contribution in [0.2, 0.25) is 0 Å². The zero-order valence-corrected chi connectivity index (χ0v) is 18.1. The van der Waals surface area contributed by atoms with E-state index in [1.807, 2.05) is 14.1 Å². The van der Waals surface area contributed by atoms with Gasteiger partial charge in [0, 0.05) is 28.9 Å². The number of aryl methyl sites for hydroxylation is 2. The van der Waals surface area contributed by atoms with Crippen molar-refractivity contribution in [3.8, 4) is 10.4 Å². The molecule has 0 saturated carbocycles. The first-order valence-corrected chi connectivity index (χ1v) is 10.9. The second-order valence-corrected chi connectivity index (χ2v) is 8.42. The quantitative estimate of drug-likeness (QED) is 0.625. The second-order valence-electron chi connectivity index (χ2n) is 7.47. The van der Waals surface area contributed by atoms with Gasteiger partial charge in [-0.2, -0.15) is 0 Å². The lowest BCUT2D eigenvalue weighted by atomic mass is 9.91. The summed E-state index contributed by atoms with van der Waals surface area (Å²) in [5, 5.41) is 19.3. The zero-order valence-electron chi connectivity index (χ0n) is 17.3. The van der Waals surface area contributed by atoms with E-state index in [9.17, 15) is 4.79 Å². The molecule has 1 aromatic carbocycles. The summed E-state index contributed by atoms with van der Waals surface area (Å²) >= 11 is 1.73. The number of hydrogen-bond acceptors (Lipinski definition) is 5. The van der Waals surface area contributed by atoms with Crippen molar-refractivity contribution < 1.29 is 14.4 Å². The molecule has 3 heterocycles. The Hall–Kier alpha value is -2.38. The van der Waals surface area contributed by atoms with Crippen molar-refractivity contribution in [2.45, 2.75) is 32.6 Å². The van der Waals surface area contributed by atoms with Gasteiger partial charge in [0.2, 0.25) is 0 Å². The third kappa shape index (κ3) is 4.97. The van der Waals surface area contributed by atoms with Crippen LogP contribution in [-0.4, -0.2) is 48.4 Å². The standard InChI is InChI=1S/C20H22N2O3S.C2H7N/c1-13-15(18-3-2-12-26-18)5-6-16-17(21-25-19(13)16)7-4-14-8-10-22(11-9-14)20(23)24;1-3-2/h2-3,5-6,12,14H,4,7-11H2,1H3,(H,23,24);3H,1-2H3. The second kappa shape index (κ2) is 9.89. The van der Waals surface area contributed by atoms with Crippen LogP contribution in [0.1, 0.15) is 30.5 Å². The maximum atomic E-state index is 11.0. The van der Waals surface area contributed by atoms with Gasteiger partial charge >= 0.3 is 6.09 Å². The predicted octanol–water partition coefficient (Wildman–Crippen LogP) is 5.02. The summed E-state index contributed by atoms with van der Waals surface area (Å²) in [5.41, 5.74) is 4.24. The molecule has 0 atom stereocenters. The smallest absolute Gasteiger partial charge is 0.407 e. The van der Waals surface area contributed by atoms with Crippen molar-refractivity contribution in [3.63, 3.8) is 0 Å². The lowest BCUT2D eigenvalue weighted by molar-refractivity contribution is 0.123. The van der Waals surface area contributed by atoms with E-state index in [1.54, 1.807) is 11.3 Å². The topological polar surface area (TPSA) is 78.6 Å². The van der Waals surface area contributed by atoms with Gasteiger partial charge in [0.1, 0.15) is 0 Å². The first kappa shape index (κ1) is 21.3. The van der Waals surface area contributed by atoms with Crippen LogP contribution in [0.4, 0.5) is 4.79 Å². The number of carboxylic acid groups (broad SMARTS) is 1. The van der Waals surface area contributed by atoms with E-state index < -0.39 is 6.09 Å². The fourth-order valence-electron chi connectivity index (χ4n) is 3.82. The Balaban J connectivity index is 0.000000755. The molecule has 0 bridgehead atoms. The highest BCUT2D eigenvalue weighted by Crippen LogP contribution is 2.34. The van der Waals surface area contributed by atoms with Gasteiger partial charge in [-0.3, -0.25) is 0 Å². The molecule has 1 saturated heterocycles. The van der Waals surface area contributed by atoms with Crippen LogP contribution in [0, 0.1) is 12.8 Å². The number of hydrogen-bond donors (Lipinski definition) is 2. The molecule has 29 heavy (non-hydrogen) atoms. The van der Waals surface area contributed by atoms with Gasteiger partial charge in [-0.25, -0.2) is 4.79 Å². The molecular formula is C22H29N3O3S. The molecule has 2 N–H and O–H groups in total. The molecule has 7 heteroatoms. The Morgan fingerprint density at radius 1 is 1.31 bits per heavy atom. The Kier molecular flexibility index (Phi) is 7.28. The number of benzene rings is 1. The highest BCUT2D eigenvalue weighted by Gasteiger charge is 2.23. The Morgan fingerprint density at radius 2 is 2.03 bits per heavy atom. The molecule has 1 amide bonds. The van der Waals surface area contributed by atoms with Crippen molar-refractivity contribution in [2.75, 3.05) is 27.2 Å². The van der Waals surface area contributed by atoms with Crippen molar-refractivity contribution in [2.24, 2.45) is 5.92 Å². The fourth-order valence-corrected chi connectivity index (χ4v) is 4.63. The van der Waals surface area contributed by atoms with E-state index in [1.165, 1.54) is 15.3 Å². The first-order chi connectivity index (χ1) is 14.0. The molecule has 0 spiro atoms. The average Bonchev–Trinajstić information content (AvgIpc) is 3.38. The maximum Gasteiger partial charge on any atom is 0.407 e. The Morgan fingerprint density at radius 3 is 2.66 bits per heavy atom. The predicted molar refractivity (Wildman–Crippen MR) is 118 cm³/mol. The monoisotopic (exact) mass is 415 g/mol. The number of rotatable bonds is 4. The van der Waals surface area contributed by atoms with Gasteiger partial charge in [0.05, 0.1) is 5.69 Å². The molecule has 1 aliphatic rings. The first-order valence-electron chi connectivity index (χ1n) is 10.0. The number of fused-ring (bicyclic) bond motifs is 1. The van der Waals surface area contributed by atoms with Crippen molar-refractivity contribution in [3.05, 3.63) is 40.9 Å². The molecule has 2 aromatic heterocycles. The molecular weight excluding hydrogens is 386 g/mol. The van der Waals surface area contributed by atoms with Gasteiger partial charge in [-0.1, -0.05) is 17.3 Å². The van der Waals surface area contributed by atoms with Crippen molar-refractivity contribution in [1.82, 2.24) is 15.4 Å². The highest BCUT2D eigenvalue weighted by atomic mass is 32.1. The van der Waals surface area contributed by atoms with Gasteiger partial charge in [-0.05, 0) is 75.7 Å². The molecule has 3 aromatic rings. The average molecular weight is 416 g/mol. The van der Waals surface area contributed by atoms with Crippen LogP contribution >= 0.6 is 11.3 Å². The number of aromatic nitrogens is 1. The van der Waals surface area contributed by atoms with Crippen molar-refractivity contribution in [1.29, 1.82) is 0 Å². The summed E-state index contributed by atoms with van der Waals surface area (Å²) in [5.74, 6) is 0.559. The number of nitrogens with one attached hydrogen (secondary N) is 1. The van der Waals surface area contributed by atoms with Crippen LogP contribution in [0.25, 0.3) is 21.4 Å². The third-order valence-corrected chi connectivity index (χ3v) is 6.33. The summed E-state index contributed by atoms with van der Waals surface area (Å²) < 4.78 is 5.68. The molecule has 4 rings (SSSR count). The highest BCUT2D eigenvalue weighted by molar-refractivity contribution is 7.13. The van der Waals surface area contributed by atoms with Crippen LogP contribution in [0.5, 0.6) is 0 Å². The fraction of sp³-hybridized carbons (Fsp3) is 0.455. The number of nitrogens with zero attached hydrogens (tertiary/aromatic N) is 2. The molecule has 156 valence electrons. The van der Waals surface area contributed by atoms with Crippen LogP contribution < -0.4 is 5.32 Å². The van der Waals surface area contributed by atoms with Crippen molar-refractivity contribution >= 4 is 28.4 Å². The molecule has 1 fully saturated rings. The Labute approximate surface area is 175 Å². The van der Waals surface area contributed by atoms with E-state index in [0.29, 0.717) is 19.0 Å². The minimum atomic E-state index is -0.803. The number of carbonyl (C=O) groups is 1. The van der Waals surface area contributed by atoms with Gasteiger partial charge in [-0.15, -0.1) is 11.3 Å². The molecule has 6 nitrogen and oxygen atoms in total. The van der Waals surface area contributed by atoms with E-state index in [2.05, 4.69) is 47.0 Å². The van der Waals surface area contributed by atoms with E-state index >= 15 is 0 Å². The van der Waals surface area contributed by atoms with Gasteiger partial charge in [0.15, 0.2) is 5.58 Å². The SMILES string of the molecule is CNC.Cc1c(-c2cccs2)ccc2c(CCC3CCN(C(=O)O)CC3)noc12. The lowest BCUT2D eigenvalue weighted by Crippen LogP contribution is -2.37. The third-order valence-electron chi connectivity index (χ3n) is 5.42. The van der Waals surface area contributed by atoms with E-state index in [4.69, 9.17) is 9.63 Å². The number of amides is 1. The largest absolute Gasteiger partial charge is 0.465 e. The van der Waals surface area contributed by atoms with Gasteiger partial charge in [0.25, 0.3) is 0 Å².